The molecule has 1 unspecified atom stereocenters. The molecule has 5 nitrogen and oxygen atoms in total. The first-order chi connectivity index (χ1) is 15.0. The molecular weight excluding hydrogens is 386 g/mol. The lowest BCUT2D eigenvalue weighted by Gasteiger charge is -2.32. The van der Waals surface area contributed by atoms with Crippen molar-refractivity contribution in [3.8, 4) is 0 Å². The van der Waals surface area contributed by atoms with Gasteiger partial charge in [-0.2, -0.15) is 0 Å². The molecule has 31 heavy (non-hydrogen) atoms. The Kier molecular flexibility index (Phi) is 7.93. The minimum atomic E-state index is -0.624. The van der Waals surface area contributed by atoms with Gasteiger partial charge in [0.2, 0.25) is 11.8 Å². The van der Waals surface area contributed by atoms with Crippen LogP contribution in [0.2, 0.25) is 0 Å². The Morgan fingerprint density at radius 3 is 2.06 bits per heavy atom. The van der Waals surface area contributed by atoms with Crippen molar-refractivity contribution in [1.82, 2.24) is 15.2 Å². The van der Waals surface area contributed by atoms with Crippen LogP contribution < -0.4 is 5.32 Å². The highest BCUT2D eigenvalue weighted by atomic mass is 16.2. The maximum absolute atomic E-state index is 13.3. The van der Waals surface area contributed by atoms with Gasteiger partial charge in [0, 0.05) is 25.1 Å². The van der Waals surface area contributed by atoms with Crippen LogP contribution in [-0.4, -0.2) is 27.7 Å². The van der Waals surface area contributed by atoms with E-state index in [0.717, 1.165) is 16.8 Å². The van der Waals surface area contributed by atoms with E-state index in [1.807, 2.05) is 92.7 Å². The van der Waals surface area contributed by atoms with E-state index in [1.165, 1.54) is 0 Å². The maximum Gasteiger partial charge on any atom is 0.243 e. The molecule has 3 rings (SSSR count). The summed E-state index contributed by atoms with van der Waals surface area (Å²) in [6.45, 7) is 4.43. The number of pyridine rings is 1. The second-order valence-corrected chi connectivity index (χ2v) is 7.85. The standard InChI is InChI=1S/C26H29N3O2/c1-20(2)26(31)29(19-22-13-7-4-8-14-22)24(17-21-11-5-3-6-12-21)25(30)28-18-23-15-9-10-16-27-23/h3-16,20,24H,17-19H2,1-2H3,(H,28,30). The first-order valence-corrected chi connectivity index (χ1v) is 10.6. The van der Waals surface area contributed by atoms with E-state index >= 15 is 0 Å². The van der Waals surface area contributed by atoms with Crippen LogP contribution in [0.15, 0.2) is 85.1 Å². The third kappa shape index (κ3) is 6.51. The number of aromatic nitrogens is 1. The number of benzene rings is 2. The van der Waals surface area contributed by atoms with Crippen LogP contribution in [0.5, 0.6) is 0 Å². The number of rotatable bonds is 9. The van der Waals surface area contributed by atoms with E-state index in [9.17, 15) is 9.59 Å². The van der Waals surface area contributed by atoms with Gasteiger partial charge in [-0.1, -0.05) is 80.6 Å². The molecule has 160 valence electrons. The monoisotopic (exact) mass is 415 g/mol. The lowest BCUT2D eigenvalue weighted by Crippen LogP contribution is -2.51. The minimum Gasteiger partial charge on any atom is -0.349 e. The second kappa shape index (κ2) is 11.1. The van der Waals surface area contributed by atoms with Gasteiger partial charge < -0.3 is 10.2 Å². The molecule has 0 aliphatic heterocycles. The molecule has 1 heterocycles. The van der Waals surface area contributed by atoms with Gasteiger partial charge in [-0.15, -0.1) is 0 Å². The summed E-state index contributed by atoms with van der Waals surface area (Å²) < 4.78 is 0. The molecule has 3 aromatic rings. The largest absolute Gasteiger partial charge is 0.349 e. The zero-order valence-corrected chi connectivity index (χ0v) is 18.1. The van der Waals surface area contributed by atoms with Crippen molar-refractivity contribution in [3.63, 3.8) is 0 Å². The fourth-order valence-corrected chi connectivity index (χ4v) is 3.43. The van der Waals surface area contributed by atoms with Crippen molar-refractivity contribution in [3.05, 3.63) is 102 Å². The fourth-order valence-electron chi connectivity index (χ4n) is 3.43. The minimum absolute atomic E-state index is 0.0437. The Labute approximate surface area is 184 Å². The number of carbonyl (C=O) groups excluding carboxylic acids is 2. The van der Waals surface area contributed by atoms with Crippen LogP contribution >= 0.6 is 0 Å². The summed E-state index contributed by atoms with van der Waals surface area (Å²) in [6.07, 6.45) is 2.15. The molecule has 5 heteroatoms. The van der Waals surface area contributed by atoms with Gasteiger partial charge in [-0.25, -0.2) is 0 Å². The van der Waals surface area contributed by atoms with E-state index in [1.54, 1.807) is 11.1 Å². The zero-order valence-electron chi connectivity index (χ0n) is 18.1. The molecule has 0 radical (unpaired) electrons. The fraction of sp³-hybridized carbons (Fsp3) is 0.269. The van der Waals surface area contributed by atoms with Gasteiger partial charge in [-0.05, 0) is 23.3 Å². The molecule has 0 aliphatic rings. The van der Waals surface area contributed by atoms with E-state index < -0.39 is 6.04 Å². The molecule has 0 saturated heterocycles. The third-order valence-corrected chi connectivity index (χ3v) is 5.09. The van der Waals surface area contributed by atoms with Gasteiger partial charge in [0.1, 0.15) is 6.04 Å². The van der Waals surface area contributed by atoms with Crippen LogP contribution in [0.3, 0.4) is 0 Å². The first kappa shape index (κ1) is 22.2. The Bertz CT molecular complexity index is 960. The highest BCUT2D eigenvalue weighted by molar-refractivity contribution is 5.88. The summed E-state index contributed by atoms with van der Waals surface area (Å²) in [6, 6.07) is 24.6. The van der Waals surface area contributed by atoms with Crippen molar-refractivity contribution >= 4 is 11.8 Å². The van der Waals surface area contributed by atoms with Crippen molar-refractivity contribution in [2.75, 3.05) is 0 Å². The Morgan fingerprint density at radius 1 is 0.871 bits per heavy atom. The van der Waals surface area contributed by atoms with Crippen LogP contribution in [0.4, 0.5) is 0 Å². The van der Waals surface area contributed by atoms with Crippen molar-refractivity contribution in [2.45, 2.75) is 39.4 Å². The number of nitrogens with one attached hydrogen (secondary N) is 1. The molecule has 1 N–H and O–H groups in total. The predicted octanol–water partition coefficient (Wildman–Crippen LogP) is 3.99. The summed E-state index contributed by atoms with van der Waals surface area (Å²) >= 11 is 0. The van der Waals surface area contributed by atoms with Gasteiger partial charge in [-0.3, -0.25) is 14.6 Å². The zero-order chi connectivity index (χ0) is 22.1. The maximum atomic E-state index is 13.3. The molecule has 2 aromatic carbocycles. The van der Waals surface area contributed by atoms with Crippen molar-refractivity contribution in [2.24, 2.45) is 5.92 Å². The SMILES string of the molecule is CC(C)C(=O)N(Cc1ccccc1)C(Cc1ccccc1)C(=O)NCc1ccccn1. The first-order valence-electron chi connectivity index (χ1n) is 10.6. The van der Waals surface area contributed by atoms with Gasteiger partial charge >= 0.3 is 0 Å². The highest BCUT2D eigenvalue weighted by Crippen LogP contribution is 2.17. The number of amides is 2. The lowest BCUT2D eigenvalue weighted by molar-refractivity contribution is -0.143. The van der Waals surface area contributed by atoms with Crippen LogP contribution in [0, 0.1) is 5.92 Å². The molecule has 0 saturated carbocycles. The molecule has 1 aromatic heterocycles. The molecule has 0 bridgehead atoms. The quantitative estimate of drug-likeness (QED) is 0.575. The second-order valence-electron chi connectivity index (χ2n) is 7.85. The lowest BCUT2D eigenvalue weighted by atomic mass is 10.0. The molecule has 0 fully saturated rings. The van der Waals surface area contributed by atoms with E-state index in [2.05, 4.69) is 10.3 Å². The predicted molar refractivity (Wildman–Crippen MR) is 122 cm³/mol. The van der Waals surface area contributed by atoms with E-state index in [0.29, 0.717) is 19.5 Å². The number of hydrogen-bond acceptors (Lipinski definition) is 3. The average Bonchev–Trinajstić information content (AvgIpc) is 2.81. The third-order valence-electron chi connectivity index (χ3n) is 5.09. The normalized spacial score (nSPS) is 11.7. The van der Waals surface area contributed by atoms with Crippen LogP contribution in [-0.2, 0) is 29.1 Å². The summed E-state index contributed by atoms with van der Waals surface area (Å²) in [5.74, 6) is -0.442. The smallest absolute Gasteiger partial charge is 0.243 e. The summed E-state index contributed by atoms with van der Waals surface area (Å²) in [5, 5.41) is 2.98. The van der Waals surface area contributed by atoms with Crippen LogP contribution in [0.25, 0.3) is 0 Å². The Balaban J connectivity index is 1.88. The molecule has 0 aliphatic carbocycles. The van der Waals surface area contributed by atoms with Gasteiger partial charge in [0.05, 0.1) is 12.2 Å². The van der Waals surface area contributed by atoms with Crippen LogP contribution in [0.1, 0.15) is 30.7 Å². The number of nitrogens with zero attached hydrogens (tertiary/aromatic N) is 2. The average molecular weight is 416 g/mol. The molecular formula is C26H29N3O2. The van der Waals surface area contributed by atoms with Gasteiger partial charge in [0.15, 0.2) is 0 Å². The van der Waals surface area contributed by atoms with Crippen molar-refractivity contribution in [1.29, 1.82) is 0 Å². The van der Waals surface area contributed by atoms with E-state index in [4.69, 9.17) is 0 Å². The number of hydrogen-bond donors (Lipinski definition) is 1. The van der Waals surface area contributed by atoms with Gasteiger partial charge in [0.25, 0.3) is 0 Å². The Morgan fingerprint density at radius 2 is 1.48 bits per heavy atom. The topological polar surface area (TPSA) is 62.3 Å². The summed E-state index contributed by atoms with van der Waals surface area (Å²) in [7, 11) is 0. The van der Waals surface area contributed by atoms with E-state index in [-0.39, 0.29) is 17.7 Å². The Hall–Kier alpha value is -3.47. The van der Waals surface area contributed by atoms with Crippen molar-refractivity contribution < 1.29 is 9.59 Å². The molecule has 0 spiro atoms. The highest BCUT2D eigenvalue weighted by Gasteiger charge is 2.31. The summed E-state index contributed by atoms with van der Waals surface area (Å²) in [4.78, 5) is 32.5. The molecule has 2 amide bonds. The number of carbonyl (C=O) groups is 2. The molecule has 1 atom stereocenters. The summed E-state index contributed by atoms with van der Waals surface area (Å²) in [5.41, 5.74) is 2.78.